The van der Waals surface area contributed by atoms with Gasteiger partial charge in [-0.2, -0.15) is 5.09 Å². The minimum absolute atomic E-state index is 0.154. The van der Waals surface area contributed by atoms with E-state index in [1.165, 1.54) is 19.2 Å². The molecule has 198 valence electrons. The van der Waals surface area contributed by atoms with Crippen molar-refractivity contribution >= 4 is 13.7 Å². The molecule has 0 amide bonds. The van der Waals surface area contributed by atoms with Crippen LogP contribution in [0.2, 0.25) is 0 Å². The maximum Gasteiger partial charge on any atom is 0.459 e. The van der Waals surface area contributed by atoms with E-state index in [1.54, 1.807) is 32.0 Å². The topological polar surface area (TPSA) is 158 Å². The lowest BCUT2D eigenvalue weighted by Gasteiger charge is -2.27. The summed E-state index contributed by atoms with van der Waals surface area (Å²) in [6, 6.07) is 7.91. The van der Waals surface area contributed by atoms with Crippen LogP contribution in [0.1, 0.15) is 27.0 Å². The predicted octanol–water partition coefficient (Wildman–Crippen LogP) is 1.51. The number of nitrogens with zero attached hydrogens (tertiary/aromatic N) is 1. The Morgan fingerprint density at radius 1 is 1.31 bits per heavy atom. The van der Waals surface area contributed by atoms with Crippen LogP contribution in [0.3, 0.4) is 0 Å². The summed E-state index contributed by atoms with van der Waals surface area (Å²) in [5.74, 6) is -0.939. The molecule has 14 heteroatoms. The van der Waals surface area contributed by atoms with Crippen LogP contribution in [0.4, 0.5) is 4.39 Å². The Bertz CT molecular complexity index is 1220. The standard InChI is InChI=1S/C22H29FN3O9P/c1-13(2)17(19(29)32-4)25-36(31,35-14-8-6-5-7-9-14)33-12-15-18(28)22(3,23)20(34-15)26-11-10-16(27)24-21(26)30/h5-11,13,15,17-18,20,28H,12H2,1-4H3,(H,25,31)(H,24,27,30)/t15-,17+,18-,20-,22-,36+/m1/s1. The number of aliphatic hydroxyl groups is 1. The van der Waals surface area contributed by atoms with E-state index in [1.807, 2.05) is 4.98 Å². The third-order valence-electron chi connectivity index (χ3n) is 5.62. The number of alkyl halides is 1. The fourth-order valence-corrected chi connectivity index (χ4v) is 5.28. The summed E-state index contributed by atoms with van der Waals surface area (Å²) in [7, 11) is -3.15. The van der Waals surface area contributed by atoms with E-state index in [9.17, 15) is 24.1 Å². The number of benzene rings is 1. The van der Waals surface area contributed by atoms with E-state index in [2.05, 4.69) is 5.09 Å². The first-order chi connectivity index (χ1) is 16.9. The van der Waals surface area contributed by atoms with Gasteiger partial charge in [0, 0.05) is 12.3 Å². The Hall–Kier alpha value is -2.83. The van der Waals surface area contributed by atoms with Crippen molar-refractivity contribution in [2.45, 2.75) is 50.9 Å². The number of nitrogens with one attached hydrogen (secondary N) is 2. The maximum atomic E-state index is 15.5. The van der Waals surface area contributed by atoms with Gasteiger partial charge in [-0.25, -0.2) is 13.8 Å². The largest absolute Gasteiger partial charge is 0.468 e. The normalized spacial score (nSPS) is 26.4. The summed E-state index contributed by atoms with van der Waals surface area (Å²) in [6.45, 7) is 3.75. The molecule has 0 bridgehead atoms. The zero-order valence-electron chi connectivity index (χ0n) is 20.1. The highest BCUT2D eigenvalue weighted by atomic mass is 31.2. The van der Waals surface area contributed by atoms with E-state index < -0.39 is 61.7 Å². The van der Waals surface area contributed by atoms with Crippen molar-refractivity contribution in [3.63, 3.8) is 0 Å². The molecule has 0 radical (unpaired) electrons. The van der Waals surface area contributed by atoms with E-state index in [-0.39, 0.29) is 11.7 Å². The fourth-order valence-electron chi connectivity index (χ4n) is 3.62. The smallest absolute Gasteiger partial charge is 0.459 e. The van der Waals surface area contributed by atoms with Crippen LogP contribution in [-0.2, 0) is 23.4 Å². The molecule has 0 aliphatic carbocycles. The highest BCUT2D eigenvalue weighted by Crippen LogP contribution is 2.47. The van der Waals surface area contributed by atoms with Crippen LogP contribution in [0.15, 0.2) is 52.2 Å². The maximum absolute atomic E-state index is 15.5. The van der Waals surface area contributed by atoms with Gasteiger partial charge in [0.25, 0.3) is 5.56 Å². The highest BCUT2D eigenvalue weighted by molar-refractivity contribution is 7.52. The summed E-state index contributed by atoms with van der Waals surface area (Å²) < 4.78 is 51.3. The highest BCUT2D eigenvalue weighted by Gasteiger charge is 2.56. The number of rotatable bonds is 10. The van der Waals surface area contributed by atoms with Crippen LogP contribution >= 0.6 is 7.75 Å². The van der Waals surface area contributed by atoms with Crippen molar-refractivity contribution in [1.29, 1.82) is 0 Å². The molecule has 36 heavy (non-hydrogen) atoms. The number of carbonyl (C=O) groups is 1. The quantitative estimate of drug-likeness (QED) is 0.304. The summed E-state index contributed by atoms with van der Waals surface area (Å²) >= 11 is 0. The Kier molecular flexibility index (Phi) is 8.52. The first-order valence-electron chi connectivity index (χ1n) is 11.1. The number of carbonyl (C=O) groups excluding carboxylic acids is 1. The molecule has 3 N–H and O–H groups in total. The van der Waals surface area contributed by atoms with Gasteiger partial charge >= 0.3 is 19.4 Å². The molecular weight excluding hydrogens is 500 g/mol. The lowest BCUT2D eigenvalue weighted by Crippen LogP contribution is -2.44. The Labute approximate surface area is 205 Å². The molecule has 1 saturated heterocycles. The fraction of sp³-hybridized carbons (Fsp3) is 0.500. The molecule has 6 atom stereocenters. The predicted molar refractivity (Wildman–Crippen MR) is 125 cm³/mol. The van der Waals surface area contributed by atoms with Crippen LogP contribution in [0, 0.1) is 5.92 Å². The third-order valence-corrected chi connectivity index (χ3v) is 7.15. The number of aromatic nitrogens is 2. The van der Waals surface area contributed by atoms with E-state index in [0.717, 1.165) is 23.8 Å². The number of aliphatic hydroxyl groups excluding tert-OH is 1. The molecule has 1 aromatic carbocycles. The molecular formula is C22H29FN3O9P. The summed E-state index contributed by atoms with van der Waals surface area (Å²) in [4.78, 5) is 37.8. The molecule has 1 aliphatic rings. The van der Waals surface area contributed by atoms with Gasteiger partial charge in [0.1, 0.15) is 24.0 Å². The number of aromatic amines is 1. The molecule has 1 aliphatic heterocycles. The van der Waals surface area contributed by atoms with Crippen molar-refractivity contribution in [3.05, 3.63) is 63.4 Å². The SMILES string of the molecule is COC(=O)[C@@H](N[P@](=O)(OC[C@H]1O[C@@H](n2ccc(=O)[nH]c2=O)[C@](C)(F)[C@@H]1O)Oc1ccccc1)C(C)C. The number of H-pyrrole nitrogens is 1. The Morgan fingerprint density at radius 3 is 2.56 bits per heavy atom. The molecule has 0 saturated carbocycles. The lowest BCUT2D eigenvalue weighted by atomic mass is 9.98. The van der Waals surface area contributed by atoms with Gasteiger partial charge in [-0.3, -0.25) is 23.7 Å². The van der Waals surface area contributed by atoms with Gasteiger partial charge in [-0.1, -0.05) is 32.0 Å². The number of ether oxygens (including phenoxy) is 2. The molecule has 2 heterocycles. The lowest BCUT2D eigenvalue weighted by molar-refractivity contribution is -0.143. The van der Waals surface area contributed by atoms with Gasteiger partial charge in [0.15, 0.2) is 11.9 Å². The first kappa shape index (κ1) is 27.8. The van der Waals surface area contributed by atoms with Crippen molar-refractivity contribution < 1.29 is 37.4 Å². The number of halogens is 1. The molecule has 12 nitrogen and oxygen atoms in total. The number of para-hydroxylation sites is 1. The molecule has 0 spiro atoms. The molecule has 2 aromatic rings. The van der Waals surface area contributed by atoms with Gasteiger partial charge in [0.05, 0.1) is 13.7 Å². The van der Waals surface area contributed by atoms with Crippen LogP contribution in [0.5, 0.6) is 5.75 Å². The molecule has 0 unspecified atom stereocenters. The van der Waals surface area contributed by atoms with E-state index >= 15 is 4.39 Å². The third kappa shape index (κ3) is 6.11. The molecule has 1 fully saturated rings. The average Bonchev–Trinajstić information content (AvgIpc) is 3.05. The van der Waals surface area contributed by atoms with E-state index in [0.29, 0.717) is 0 Å². The minimum Gasteiger partial charge on any atom is -0.468 e. The van der Waals surface area contributed by atoms with Gasteiger partial charge in [0.2, 0.25) is 0 Å². The second kappa shape index (κ2) is 11.1. The second-order valence-corrected chi connectivity index (χ2v) is 10.4. The molecule has 1 aromatic heterocycles. The number of hydrogen-bond acceptors (Lipinski definition) is 9. The van der Waals surface area contributed by atoms with Crippen molar-refractivity contribution in [3.8, 4) is 5.75 Å². The van der Waals surface area contributed by atoms with Gasteiger partial charge < -0.3 is 19.1 Å². The van der Waals surface area contributed by atoms with Gasteiger partial charge in [-0.05, 0) is 25.0 Å². The first-order valence-corrected chi connectivity index (χ1v) is 12.6. The summed E-state index contributed by atoms with van der Waals surface area (Å²) in [5.41, 5.74) is -4.12. The summed E-state index contributed by atoms with van der Waals surface area (Å²) in [5, 5.41) is 13.1. The Morgan fingerprint density at radius 2 is 1.97 bits per heavy atom. The zero-order chi connectivity index (χ0) is 26.7. The van der Waals surface area contributed by atoms with E-state index in [4.69, 9.17) is 18.5 Å². The van der Waals surface area contributed by atoms with Crippen molar-refractivity contribution in [1.82, 2.24) is 14.6 Å². The molecule has 3 rings (SSSR count). The number of methoxy groups -OCH3 is 1. The minimum atomic E-state index is -4.33. The second-order valence-electron chi connectivity index (χ2n) is 8.71. The van der Waals surface area contributed by atoms with Crippen LogP contribution in [0.25, 0.3) is 0 Å². The number of hydrogen-bond donors (Lipinski definition) is 3. The van der Waals surface area contributed by atoms with Crippen molar-refractivity contribution in [2.24, 2.45) is 5.92 Å². The Balaban J connectivity index is 1.85. The number of esters is 1. The zero-order valence-corrected chi connectivity index (χ0v) is 21.0. The van der Waals surface area contributed by atoms with Crippen LogP contribution < -0.4 is 20.9 Å². The summed E-state index contributed by atoms with van der Waals surface area (Å²) in [6.07, 6.45) is -3.79. The van der Waals surface area contributed by atoms with Crippen molar-refractivity contribution in [2.75, 3.05) is 13.7 Å². The van der Waals surface area contributed by atoms with Gasteiger partial charge in [-0.15, -0.1) is 0 Å². The monoisotopic (exact) mass is 529 g/mol. The average molecular weight is 529 g/mol. The van der Waals surface area contributed by atoms with Crippen LogP contribution in [-0.4, -0.2) is 58.3 Å².